The summed E-state index contributed by atoms with van der Waals surface area (Å²) >= 11 is 0. The third-order valence-corrected chi connectivity index (χ3v) is 4.44. The highest BCUT2D eigenvalue weighted by Gasteiger charge is 2.18. The fourth-order valence-corrected chi connectivity index (χ4v) is 3.02. The molecule has 0 spiro atoms. The van der Waals surface area contributed by atoms with Crippen LogP contribution in [0.1, 0.15) is 11.1 Å². The monoisotopic (exact) mass is 291 g/mol. The molecule has 2 rings (SSSR count). The average molecular weight is 291 g/mol. The van der Waals surface area contributed by atoms with Gasteiger partial charge in [-0.3, -0.25) is 0 Å². The van der Waals surface area contributed by atoms with Gasteiger partial charge in [-0.2, -0.15) is 0 Å². The van der Waals surface area contributed by atoms with Gasteiger partial charge < -0.3 is 5.32 Å². The molecule has 20 heavy (non-hydrogen) atoms. The van der Waals surface area contributed by atoms with E-state index in [1.54, 1.807) is 19.3 Å². The topological polar surface area (TPSA) is 71.1 Å². The summed E-state index contributed by atoms with van der Waals surface area (Å²) in [5.74, 6) is 0.338. The third kappa shape index (κ3) is 3.15. The predicted octanol–water partition coefficient (Wildman–Crippen LogP) is 1.91. The number of nitrogens with one attached hydrogen (secondary N) is 2. The molecular weight excluding hydrogens is 274 g/mol. The molecule has 0 unspecified atom stereocenters. The fraction of sp³-hybridized carbons (Fsp3) is 0.214. The lowest BCUT2D eigenvalue weighted by Gasteiger charge is -2.11. The van der Waals surface area contributed by atoms with Crippen molar-refractivity contribution in [1.29, 1.82) is 0 Å². The second-order valence-corrected chi connectivity index (χ2v) is 6.09. The van der Waals surface area contributed by atoms with Crippen LogP contribution in [0.15, 0.2) is 47.5 Å². The van der Waals surface area contributed by atoms with Crippen molar-refractivity contribution in [1.82, 2.24) is 9.71 Å². The van der Waals surface area contributed by atoms with Gasteiger partial charge in [0.25, 0.3) is 0 Å². The van der Waals surface area contributed by atoms with E-state index < -0.39 is 10.0 Å². The average Bonchev–Trinajstić information content (AvgIpc) is 2.46. The molecule has 1 heterocycles. The van der Waals surface area contributed by atoms with Gasteiger partial charge in [-0.1, -0.05) is 24.3 Å². The molecule has 0 aliphatic carbocycles. The molecule has 2 N–H and O–H groups in total. The largest absolute Gasteiger partial charge is 0.372 e. The van der Waals surface area contributed by atoms with Crippen LogP contribution >= 0.6 is 0 Å². The van der Waals surface area contributed by atoms with Crippen molar-refractivity contribution in [2.45, 2.75) is 18.4 Å². The van der Waals surface area contributed by atoms with E-state index in [0.717, 1.165) is 11.1 Å². The lowest BCUT2D eigenvalue weighted by molar-refractivity contribution is 0.581. The van der Waals surface area contributed by atoms with Crippen LogP contribution in [0.3, 0.4) is 0 Å². The molecule has 0 aliphatic heterocycles. The van der Waals surface area contributed by atoms with Crippen molar-refractivity contribution in [2.75, 3.05) is 12.4 Å². The molecule has 2 aromatic rings. The van der Waals surface area contributed by atoms with Gasteiger partial charge in [0.1, 0.15) is 10.7 Å². The quantitative estimate of drug-likeness (QED) is 0.883. The molecule has 0 saturated heterocycles. The minimum Gasteiger partial charge on any atom is -0.372 e. The Bertz CT molecular complexity index is 699. The minimum absolute atomic E-state index is 0.149. The van der Waals surface area contributed by atoms with E-state index >= 15 is 0 Å². The zero-order chi connectivity index (χ0) is 14.6. The molecule has 106 valence electrons. The number of hydrogen-bond acceptors (Lipinski definition) is 4. The van der Waals surface area contributed by atoms with E-state index in [9.17, 15) is 8.42 Å². The van der Waals surface area contributed by atoms with Crippen molar-refractivity contribution < 1.29 is 8.42 Å². The first kappa shape index (κ1) is 14.5. The Morgan fingerprint density at radius 3 is 2.60 bits per heavy atom. The molecular formula is C14H17N3O2S. The molecule has 6 heteroatoms. The van der Waals surface area contributed by atoms with Gasteiger partial charge in [-0.05, 0) is 30.2 Å². The number of sulfonamides is 1. The smallest absolute Gasteiger partial charge is 0.244 e. The van der Waals surface area contributed by atoms with Crippen LogP contribution < -0.4 is 10.0 Å². The Balaban J connectivity index is 2.22. The van der Waals surface area contributed by atoms with Crippen LogP contribution in [-0.4, -0.2) is 20.4 Å². The van der Waals surface area contributed by atoms with Crippen molar-refractivity contribution in [3.63, 3.8) is 0 Å². The number of nitrogens with zero attached hydrogens (tertiary/aromatic N) is 1. The molecule has 1 aromatic heterocycles. The van der Waals surface area contributed by atoms with Crippen molar-refractivity contribution >= 4 is 15.8 Å². The normalized spacial score (nSPS) is 11.3. The van der Waals surface area contributed by atoms with Crippen molar-refractivity contribution in [2.24, 2.45) is 0 Å². The van der Waals surface area contributed by atoms with Crippen LogP contribution in [-0.2, 0) is 16.6 Å². The summed E-state index contributed by atoms with van der Waals surface area (Å²) in [5.41, 5.74) is 2.00. The summed E-state index contributed by atoms with van der Waals surface area (Å²) in [6.07, 6.45) is 1.55. The Morgan fingerprint density at radius 1 is 1.15 bits per heavy atom. The third-order valence-electron chi connectivity index (χ3n) is 3.01. The van der Waals surface area contributed by atoms with Gasteiger partial charge in [0.15, 0.2) is 0 Å². The highest BCUT2D eigenvalue weighted by atomic mass is 32.2. The summed E-state index contributed by atoms with van der Waals surface area (Å²) in [6, 6.07) is 10.8. The molecule has 1 aromatic carbocycles. The van der Waals surface area contributed by atoms with Crippen LogP contribution in [0, 0.1) is 6.92 Å². The lowest BCUT2D eigenvalue weighted by Crippen LogP contribution is -2.24. The second kappa shape index (κ2) is 6.02. The summed E-state index contributed by atoms with van der Waals surface area (Å²) in [5, 5.41) is 2.78. The minimum atomic E-state index is -3.59. The fourth-order valence-electron chi connectivity index (χ4n) is 1.85. The summed E-state index contributed by atoms with van der Waals surface area (Å²) in [6.45, 7) is 2.21. The van der Waals surface area contributed by atoms with E-state index in [1.807, 2.05) is 31.2 Å². The Hall–Kier alpha value is -1.92. The van der Waals surface area contributed by atoms with Crippen LogP contribution in [0.25, 0.3) is 0 Å². The van der Waals surface area contributed by atoms with Crippen LogP contribution in [0.4, 0.5) is 5.82 Å². The standard InChI is InChI=1S/C14H17N3O2S/c1-11-6-3-4-7-12(11)10-17-20(18,19)13-8-5-9-16-14(13)15-2/h3-9,17H,10H2,1-2H3,(H,15,16). The summed E-state index contributed by atoms with van der Waals surface area (Å²) < 4.78 is 27.2. The molecule has 0 radical (unpaired) electrons. The highest BCUT2D eigenvalue weighted by Crippen LogP contribution is 2.17. The molecule has 0 bridgehead atoms. The maximum Gasteiger partial charge on any atom is 0.244 e. The van der Waals surface area contributed by atoms with Gasteiger partial charge in [0.05, 0.1) is 0 Å². The number of aromatic nitrogens is 1. The maximum atomic E-state index is 12.3. The number of hydrogen-bond donors (Lipinski definition) is 2. The first-order valence-electron chi connectivity index (χ1n) is 6.21. The SMILES string of the molecule is CNc1ncccc1S(=O)(=O)NCc1ccccc1C. The van der Waals surface area contributed by atoms with Crippen LogP contribution in [0.2, 0.25) is 0 Å². The van der Waals surface area contributed by atoms with Gasteiger partial charge in [0, 0.05) is 19.8 Å². The van der Waals surface area contributed by atoms with Gasteiger partial charge >= 0.3 is 0 Å². The summed E-state index contributed by atoms with van der Waals surface area (Å²) in [4.78, 5) is 4.15. The molecule has 5 nitrogen and oxygen atoms in total. The van der Waals surface area contributed by atoms with Gasteiger partial charge in [-0.15, -0.1) is 0 Å². The van der Waals surface area contributed by atoms with Gasteiger partial charge in [-0.25, -0.2) is 18.1 Å². The van der Waals surface area contributed by atoms with Crippen molar-refractivity contribution in [3.05, 3.63) is 53.7 Å². The number of rotatable bonds is 5. The molecule has 0 amide bonds. The van der Waals surface area contributed by atoms with E-state index in [2.05, 4.69) is 15.0 Å². The Labute approximate surface area is 119 Å². The molecule has 0 saturated carbocycles. The predicted molar refractivity (Wildman–Crippen MR) is 79.0 cm³/mol. The number of pyridine rings is 1. The maximum absolute atomic E-state index is 12.3. The molecule has 0 fully saturated rings. The number of benzene rings is 1. The van der Waals surface area contributed by atoms with E-state index in [1.165, 1.54) is 6.07 Å². The zero-order valence-electron chi connectivity index (χ0n) is 11.4. The Kier molecular flexibility index (Phi) is 4.36. The van der Waals surface area contributed by atoms with E-state index in [0.29, 0.717) is 5.82 Å². The van der Waals surface area contributed by atoms with E-state index in [4.69, 9.17) is 0 Å². The number of aryl methyl sites for hydroxylation is 1. The molecule has 0 atom stereocenters. The lowest BCUT2D eigenvalue weighted by atomic mass is 10.1. The zero-order valence-corrected chi connectivity index (χ0v) is 12.2. The number of anilines is 1. The second-order valence-electron chi connectivity index (χ2n) is 4.35. The first-order chi connectivity index (χ1) is 9.54. The van der Waals surface area contributed by atoms with Crippen LogP contribution in [0.5, 0.6) is 0 Å². The van der Waals surface area contributed by atoms with Crippen molar-refractivity contribution in [3.8, 4) is 0 Å². The first-order valence-corrected chi connectivity index (χ1v) is 7.70. The van der Waals surface area contributed by atoms with Gasteiger partial charge in [0.2, 0.25) is 10.0 Å². The Morgan fingerprint density at radius 2 is 1.90 bits per heavy atom. The van der Waals surface area contributed by atoms with E-state index in [-0.39, 0.29) is 11.4 Å². The highest BCUT2D eigenvalue weighted by molar-refractivity contribution is 7.89. The molecule has 0 aliphatic rings. The summed E-state index contributed by atoms with van der Waals surface area (Å²) in [7, 11) is -1.95.